The lowest BCUT2D eigenvalue weighted by Gasteiger charge is -2.30. The number of nitrogens with one attached hydrogen (secondary N) is 2. The van der Waals surface area contributed by atoms with Crippen molar-refractivity contribution >= 4 is 41.4 Å². The molecule has 1 aliphatic heterocycles. The SMILES string of the molecule is CSCCC(N)C(=O)NC(CCC(=O)O)C(=O)N1CCCC1C(=O)NC(Cc1ccc(O)cc1)C(=O)O. The number of rotatable bonds is 14. The molecule has 1 saturated heterocycles. The van der Waals surface area contributed by atoms with Crippen molar-refractivity contribution in [2.75, 3.05) is 18.6 Å². The van der Waals surface area contributed by atoms with Crippen molar-refractivity contribution in [3.63, 3.8) is 0 Å². The second-order valence-corrected chi connectivity index (χ2v) is 9.83. The number of phenolic OH excluding ortho intramolecular Hbond substituents is 1. The lowest BCUT2D eigenvalue weighted by atomic mass is 10.0. The molecule has 12 nitrogen and oxygen atoms in total. The van der Waals surface area contributed by atoms with Gasteiger partial charge in [-0.2, -0.15) is 11.8 Å². The van der Waals surface area contributed by atoms with Gasteiger partial charge in [0.1, 0.15) is 23.9 Å². The first-order valence-corrected chi connectivity index (χ1v) is 13.3. The maximum atomic E-state index is 13.3. The molecule has 204 valence electrons. The van der Waals surface area contributed by atoms with Crippen LogP contribution in [0.25, 0.3) is 0 Å². The fourth-order valence-electron chi connectivity index (χ4n) is 4.02. The Morgan fingerprint density at radius 2 is 1.76 bits per heavy atom. The van der Waals surface area contributed by atoms with Gasteiger partial charge in [0, 0.05) is 19.4 Å². The second kappa shape index (κ2) is 14.4. The van der Waals surface area contributed by atoms with Crippen LogP contribution in [0.15, 0.2) is 24.3 Å². The number of phenols is 1. The van der Waals surface area contributed by atoms with Crippen LogP contribution >= 0.6 is 11.8 Å². The zero-order valence-corrected chi connectivity index (χ0v) is 21.4. The number of benzene rings is 1. The highest BCUT2D eigenvalue weighted by Crippen LogP contribution is 2.21. The van der Waals surface area contributed by atoms with Gasteiger partial charge in [0.05, 0.1) is 6.04 Å². The summed E-state index contributed by atoms with van der Waals surface area (Å²) in [5, 5.41) is 33.2. The number of carbonyl (C=O) groups is 5. The van der Waals surface area contributed by atoms with Gasteiger partial charge in [-0.3, -0.25) is 19.2 Å². The molecule has 3 amide bonds. The third-order valence-corrected chi connectivity index (χ3v) is 6.70. The molecular weight excluding hydrogens is 504 g/mol. The van der Waals surface area contributed by atoms with E-state index < -0.39 is 53.8 Å². The number of aliphatic carboxylic acids is 2. The molecule has 0 bridgehead atoms. The van der Waals surface area contributed by atoms with E-state index in [1.165, 1.54) is 28.8 Å². The van der Waals surface area contributed by atoms with Crippen LogP contribution in [0.2, 0.25) is 0 Å². The molecule has 0 spiro atoms. The van der Waals surface area contributed by atoms with Gasteiger partial charge in [0.2, 0.25) is 17.7 Å². The number of nitrogens with two attached hydrogens (primary N) is 1. The summed E-state index contributed by atoms with van der Waals surface area (Å²) >= 11 is 1.51. The fourth-order valence-corrected chi connectivity index (χ4v) is 4.51. The molecule has 1 aromatic carbocycles. The molecule has 4 unspecified atom stereocenters. The number of likely N-dealkylation sites (tertiary alicyclic amines) is 1. The number of carboxylic acid groups (broad SMARTS) is 2. The average Bonchev–Trinajstić information content (AvgIpc) is 3.35. The van der Waals surface area contributed by atoms with Crippen molar-refractivity contribution in [3.8, 4) is 5.75 Å². The first-order valence-electron chi connectivity index (χ1n) is 11.9. The number of nitrogens with zero attached hydrogens (tertiary/aromatic N) is 1. The first kappa shape index (κ1) is 29.9. The smallest absolute Gasteiger partial charge is 0.326 e. The molecule has 4 atom stereocenters. The van der Waals surface area contributed by atoms with Gasteiger partial charge in [-0.1, -0.05) is 12.1 Å². The Bertz CT molecular complexity index is 974. The molecule has 13 heteroatoms. The Labute approximate surface area is 219 Å². The molecule has 37 heavy (non-hydrogen) atoms. The molecule has 0 radical (unpaired) electrons. The van der Waals surface area contributed by atoms with Crippen LogP contribution in [0.1, 0.15) is 37.7 Å². The van der Waals surface area contributed by atoms with Crippen LogP contribution < -0.4 is 16.4 Å². The number of hydrogen-bond donors (Lipinski definition) is 6. The highest BCUT2D eigenvalue weighted by Gasteiger charge is 2.39. The van der Waals surface area contributed by atoms with E-state index in [-0.39, 0.29) is 38.0 Å². The number of amides is 3. The lowest BCUT2D eigenvalue weighted by molar-refractivity contribution is -0.145. The van der Waals surface area contributed by atoms with Crippen molar-refractivity contribution in [1.29, 1.82) is 0 Å². The number of carboxylic acids is 2. The van der Waals surface area contributed by atoms with E-state index in [1.807, 2.05) is 6.26 Å². The summed E-state index contributed by atoms with van der Waals surface area (Å²) in [5.41, 5.74) is 6.47. The summed E-state index contributed by atoms with van der Waals surface area (Å²) in [4.78, 5) is 63.1. The quantitative estimate of drug-likeness (QED) is 0.186. The van der Waals surface area contributed by atoms with Gasteiger partial charge in [0.25, 0.3) is 0 Å². The maximum Gasteiger partial charge on any atom is 0.326 e. The minimum absolute atomic E-state index is 0.0227. The van der Waals surface area contributed by atoms with Crippen LogP contribution in [0, 0.1) is 0 Å². The minimum Gasteiger partial charge on any atom is -0.508 e. The third kappa shape index (κ3) is 9.25. The highest BCUT2D eigenvalue weighted by molar-refractivity contribution is 7.98. The molecule has 1 fully saturated rings. The minimum atomic E-state index is -1.27. The van der Waals surface area contributed by atoms with Crippen LogP contribution in [0.3, 0.4) is 0 Å². The molecule has 0 saturated carbocycles. The average molecular weight is 539 g/mol. The molecule has 1 heterocycles. The number of thioether (sulfide) groups is 1. The Morgan fingerprint density at radius 3 is 2.35 bits per heavy atom. The normalized spacial score (nSPS) is 17.5. The van der Waals surface area contributed by atoms with E-state index in [2.05, 4.69) is 10.6 Å². The lowest BCUT2D eigenvalue weighted by Crippen LogP contribution is -2.57. The largest absolute Gasteiger partial charge is 0.508 e. The van der Waals surface area contributed by atoms with E-state index >= 15 is 0 Å². The molecule has 2 rings (SSSR count). The fraction of sp³-hybridized carbons (Fsp3) is 0.542. The van der Waals surface area contributed by atoms with Crippen LogP contribution in [-0.4, -0.2) is 92.6 Å². The van der Waals surface area contributed by atoms with Crippen LogP contribution in [0.4, 0.5) is 0 Å². The van der Waals surface area contributed by atoms with Crippen molar-refractivity contribution in [3.05, 3.63) is 29.8 Å². The van der Waals surface area contributed by atoms with E-state index in [9.17, 15) is 34.2 Å². The number of carbonyl (C=O) groups excluding carboxylic acids is 3. The second-order valence-electron chi connectivity index (χ2n) is 8.84. The Morgan fingerprint density at radius 1 is 1.08 bits per heavy atom. The van der Waals surface area contributed by atoms with Gasteiger partial charge in [0.15, 0.2) is 0 Å². The van der Waals surface area contributed by atoms with E-state index in [1.54, 1.807) is 12.1 Å². The van der Waals surface area contributed by atoms with Crippen molar-refractivity contribution in [2.45, 2.75) is 62.7 Å². The predicted molar refractivity (Wildman–Crippen MR) is 136 cm³/mol. The zero-order valence-electron chi connectivity index (χ0n) is 20.6. The molecule has 0 aromatic heterocycles. The van der Waals surface area contributed by atoms with Crippen molar-refractivity contribution in [1.82, 2.24) is 15.5 Å². The third-order valence-electron chi connectivity index (χ3n) is 6.06. The van der Waals surface area contributed by atoms with Gasteiger partial charge >= 0.3 is 11.9 Å². The predicted octanol–water partition coefficient (Wildman–Crippen LogP) is -0.0749. The molecule has 1 aliphatic rings. The van der Waals surface area contributed by atoms with Crippen LogP contribution in [-0.2, 0) is 30.4 Å². The molecular formula is C24H34N4O8S. The van der Waals surface area contributed by atoms with Crippen molar-refractivity contribution in [2.24, 2.45) is 5.73 Å². The summed E-state index contributed by atoms with van der Waals surface area (Å²) in [6.45, 7) is 0.199. The summed E-state index contributed by atoms with van der Waals surface area (Å²) in [6, 6.07) is 1.60. The molecule has 7 N–H and O–H groups in total. The number of hydrogen-bond acceptors (Lipinski definition) is 8. The first-order chi connectivity index (χ1) is 17.5. The Balaban J connectivity index is 2.12. The van der Waals surface area contributed by atoms with E-state index in [4.69, 9.17) is 10.8 Å². The van der Waals surface area contributed by atoms with Crippen molar-refractivity contribution < 1.29 is 39.3 Å². The zero-order chi connectivity index (χ0) is 27.5. The monoisotopic (exact) mass is 538 g/mol. The van der Waals surface area contributed by atoms with Gasteiger partial charge in [-0.25, -0.2) is 4.79 Å². The Hall–Kier alpha value is -3.32. The molecule has 1 aromatic rings. The highest BCUT2D eigenvalue weighted by atomic mass is 32.2. The topological polar surface area (TPSA) is 199 Å². The summed E-state index contributed by atoms with van der Waals surface area (Å²) < 4.78 is 0. The number of aromatic hydroxyl groups is 1. The molecule has 0 aliphatic carbocycles. The van der Waals surface area contributed by atoms with Gasteiger partial charge in [-0.15, -0.1) is 0 Å². The van der Waals surface area contributed by atoms with Crippen LogP contribution in [0.5, 0.6) is 5.75 Å². The van der Waals surface area contributed by atoms with E-state index in [0.717, 1.165) is 0 Å². The Kier molecular flexibility index (Phi) is 11.7. The summed E-state index contributed by atoms with van der Waals surface area (Å²) in [7, 11) is 0. The summed E-state index contributed by atoms with van der Waals surface area (Å²) in [6.07, 6.45) is 2.41. The van der Waals surface area contributed by atoms with E-state index in [0.29, 0.717) is 24.2 Å². The maximum absolute atomic E-state index is 13.3. The standard InChI is InChI=1S/C24H34N4O8S/c1-37-12-10-16(25)21(32)26-17(8-9-20(30)31)23(34)28-11-2-3-19(28)22(33)27-18(24(35)36)13-14-4-6-15(29)7-5-14/h4-7,16-19,29H,2-3,8-13,25H2,1H3,(H,26,32)(H,27,33)(H,30,31)(H,35,36). The van der Waals surface area contributed by atoms with Gasteiger partial charge < -0.3 is 36.6 Å². The van der Waals surface area contributed by atoms with Gasteiger partial charge in [-0.05, 0) is 55.4 Å². The summed E-state index contributed by atoms with van der Waals surface area (Å²) in [5.74, 6) is -3.61.